The second kappa shape index (κ2) is 17.1. The molecule has 12 nitrogen and oxygen atoms in total. The van der Waals surface area contributed by atoms with Gasteiger partial charge in [-0.3, -0.25) is 19.8 Å². The number of rotatable bonds is 12. The average molecular weight is 785 g/mol. The number of benzene rings is 3. The summed E-state index contributed by atoms with van der Waals surface area (Å²) < 4.78 is 18.7. The first-order valence-corrected chi connectivity index (χ1v) is 22.0. The number of aromatic nitrogens is 2. The zero-order chi connectivity index (χ0) is 38.5. The maximum Gasteiger partial charge on any atom is 0.234 e. The van der Waals surface area contributed by atoms with Gasteiger partial charge in [0.1, 0.15) is 17.9 Å². The van der Waals surface area contributed by atoms with E-state index in [1.54, 1.807) is 20.4 Å². The van der Waals surface area contributed by atoms with Crippen molar-refractivity contribution in [3.8, 4) is 5.75 Å². The summed E-state index contributed by atoms with van der Waals surface area (Å²) in [7, 11) is -0.873. The van der Waals surface area contributed by atoms with Crippen LogP contribution in [0, 0.1) is 0 Å². The highest BCUT2D eigenvalue weighted by Crippen LogP contribution is 2.39. The Hall–Kier alpha value is -4.48. The highest BCUT2D eigenvalue weighted by molar-refractivity contribution is 7.70. The summed E-state index contributed by atoms with van der Waals surface area (Å²) in [5.74, 6) is 0.866. The van der Waals surface area contributed by atoms with E-state index < -0.39 is 7.14 Å². The number of nitrogens with one attached hydrogen (secondary N) is 3. The third-order valence-corrected chi connectivity index (χ3v) is 12.8. The number of imide groups is 1. The van der Waals surface area contributed by atoms with Gasteiger partial charge in [0, 0.05) is 75.3 Å². The summed E-state index contributed by atoms with van der Waals surface area (Å²) in [6.45, 7) is 10.8. The van der Waals surface area contributed by atoms with Crippen molar-refractivity contribution in [2.24, 2.45) is 0 Å². The number of nitrogens with zero attached hydrogens (tertiary/aromatic N) is 5. The Morgan fingerprint density at radius 2 is 1.65 bits per heavy atom. The molecule has 0 radical (unpaired) electrons. The van der Waals surface area contributed by atoms with E-state index in [4.69, 9.17) is 16.3 Å². The molecule has 7 rings (SSSR count). The molecule has 0 saturated carbocycles. The van der Waals surface area contributed by atoms with Crippen LogP contribution in [0.4, 0.5) is 28.8 Å². The number of hydrogen-bond donors (Lipinski definition) is 3. The molecule has 1 unspecified atom stereocenters. The number of ether oxygens (including phenoxy) is 1. The Morgan fingerprint density at radius 3 is 2.36 bits per heavy atom. The van der Waals surface area contributed by atoms with Crippen LogP contribution in [0.2, 0.25) is 5.02 Å². The van der Waals surface area contributed by atoms with E-state index in [0.29, 0.717) is 47.1 Å². The van der Waals surface area contributed by atoms with Crippen molar-refractivity contribution < 1.29 is 18.9 Å². The van der Waals surface area contributed by atoms with E-state index >= 15 is 0 Å². The van der Waals surface area contributed by atoms with Gasteiger partial charge < -0.3 is 29.7 Å². The molecule has 3 aliphatic heterocycles. The van der Waals surface area contributed by atoms with Gasteiger partial charge in [-0.1, -0.05) is 48.0 Å². The molecule has 4 aromatic rings. The van der Waals surface area contributed by atoms with Crippen LogP contribution in [-0.4, -0.2) is 104 Å². The number of para-hydroxylation sites is 1. The first kappa shape index (κ1) is 38.8. The molecular formula is C41H50ClN8O4P. The molecule has 0 bridgehead atoms. The smallest absolute Gasteiger partial charge is 0.234 e. The molecule has 2 amide bonds. The van der Waals surface area contributed by atoms with Gasteiger partial charge in [0.25, 0.3) is 0 Å². The molecule has 0 spiro atoms. The second-order valence-electron chi connectivity index (χ2n) is 15.0. The first-order chi connectivity index (χ1) is 26.5. The van der Waals surface area contributed by atoms with Crippen LogP contribution in [0.3, 0.4) is 0 Å². The maximum absolute atomic E-state index is 12.9. The minimum Gasteiger partial charge on any atom is -0.494 e. The van der Waals surface area contributed by atoms with Gasteiger partial charge in [-0.25, -0.2) is 4.98 Å². The number of carbonyl (C=O) groups is 2. The second-order valence-corrected chi connectivity index (χ2v) is 18.6. The van der Waals surface area contributed by atoms with Crippen LogP contribution in [0.1, 0.15) is 42.7 Å². The Balaban J connectivity index is 0.881. The molecule has 55 heavy (non-hydrogen) atoms. The molecule has 3 fully saturated rings. The normalized spacial score (nSPS) is 18.9. The monoisotopic (exact) mass is 784 g/mol. The first-order valence-electron chi connectivity index (χ1n) is 19.1. The van der Waals surface area contributed by atoms with Crippen LogP contribution in [0.5, 0.6) is 5.75 Å². The summed E-state index contributed by atoms with van der Waals surface area (Å²) in [5.41, 5.74) is 4.81. The van der Waals surface area contributed by atoms with Gasteiger partial charge in [0.2, 0.25) is 17.8 Å². The number of amides is 2. The molecule has 290 valence electrons. The van der Waals surface area contributed by atoms with Crippen molar-refractivity contribution in [1.82, 2.24) is 25.1 Å². The molecule has 3 saturated heterocycles. The number of hydrogen-bond acceptors (Lipinski definition) is 11. The van der Waals surface area contributed by atoms with E-state index in [9.17, 15) is 14.2 Å². The van der Waals surface area contributed by atoms with Crippen molar-refractivity contribution in [1.29, 1.82) is 0 Å². The molecule has 1 aromatic heterocycles. The van der Waals surface area contributed by atoms with E-state index in [1.165, 1.54) is 11.8 Å². The predicted octanol–water partition coefficient (Wildman–Crippen LogP) is 6.22. The predicted molar refractivity (Wildman–Crippen MR) is 221 cm³/mol. The highest BCUT2D eigenvalue weighted by atomic mass is 35.5. The highest BCUT2D eigenvalue weighted by Gasteiger charge is 2.29. The van der Waals surface area contributed by atoms with Crippen molar-refractivity contribution >= 4 is 64.7 Å². The van der Waals surface area contributed by atoms with Crippen LogP contribution in [-0.2, 0) is 20.6 Å². The summed E-state index contributed by atoms with van der Waals surface area (Å²) in [6, 6.07) is 22.6. The quantitative estimate of drug-likeness (QED) is 0.112. The lowest BCUT2D eigenvalue weighted by Gasteiger charge is -2.43. The molecule has 3 N–H and O–H groups in total. The number of piperidine rings is 2. The van der Waals surface area contributed by atoms with Crippen molar-refractivity contribution in [2.75, 3.05) is 81.8 Å². The van der Waals surface area contributed by atoms with Crippen molar-refractivity contribution in [3.63, 3.8) is 0 Å². The average Bonchev–Trinajstić information content (AvgIpc) is 3.19. The largest absolute Gasteiger partial charge is 0.494 e. The van der Waals surface area contributed by atoms with E-state index in [-0.39, 0.29) is 17.7 Å². The molecule has 4 heterocycles. The zero-order valence-electron chi connectivity index (χ0n) is 31.8. The Morgan fingerprint density at radius 1 is 0.909 bits per heavy atom. The topological polar surface area (TPSA) is 132 Å². The van der Waals surface area contributed by atoms with Crippen LogP contribution in [0.15, 0.2) is 72.9 Å². The fraction of sp³-hybridized carbons (Fsp3) is 0.415. The number of anilines is 5. The molecule has 14 heteroatoms. The van der Waals surface area contributed by atoms with Crippen molar-refractivity contribution in [3.05, 3.63) is 89.1 Å². The standard InChI is InChI=1S/C41H50ClN8O4P/c1-54-36-26-31(12-14-34(36)45-41-43-27-33(42)39(47-41)44-35-6-4-5-7-37(35)55(2,3)53)49-20-17-30(18-21-49)50-24-22-48(23-25-50)19-16-28-8-10-29(11-9-28)32-13-15-38(51)46-40(32)52/h4-12,14,26-27,30,32H,13,15-25H2,1-3H3,(H,46,51,52)(H2,43,44,45,47). The fourth-order valence-electron chi connectivity index (χ4n) is 7.85. The van der Waals surface area contributed by atoms with Gasteiger partial charge in [0.05, 0.1) is 30.6 Å². The molecular weight excluding hydrogens is 735 g/mol. The third kappa shape index (κ3) is 9.50. The molecule has 1 atom stereocenters. The number of carbonyl (C=O) groups excluding carboxylic acids is 2. The van der Waals surface area contributed by atoms with Gasteiger partial charge in [-0.2, -0.15) is 4.98 Å². The van der Waals surface area contributed by atoms with E-state index in [0.717, 1.165) is 87.3 Å². The van der Waals surface area contributed by atoms with E-state index in [2.05, 4.69) is 64.9 Å². The van der Waals surface area contributed by atoms with E-state index in [1.807, 2.05) is 42.5 Å². The summed E-state index contributed by atoms with van der Waals surface area (Å²) in [6.07, 6.45) is 5.73. The minimum atomic E-state index is -2.54. The number of piperazine rings is 1. The van der Waals surface area contributed by atoms with Gasteiger partial charge in [-0.05, 0) is 74.4 Å². The number of methoxy groups -OCH3 is 1. The number of halogens is 1. The van der Waals surface area contributed by atoms with Gasteiger partial charge in [-0.15, -0.1) is 0 Å². The Kier molecular flexibility index (Phi) is 12.1. The lowest BCUT2D eigenvalue weighted by molar-refractivity contribution is -0.134. The fourth-order valence-corrected chi connectivity index (χ4v) is 9.14. The SMILES string of the molecule is COc1cc(N2CCC(N3CCN(CCc4ccc(C5CCC(=O)NC5=O)cc4)CC3)CC2)ccc1Nc1ncc(Cl)c(Nc2ccccc2P(C)(C)=O)n1. The zero-order valence-corrected chi connectivity index (χ0v) is 33.4. The van der Waals surface area contributed by atoms with Gasteiger partial charge in [0.15, 0.2) is 5.82 Å². The minimum absolute atomic E-state index is 0.177. The van der Waals surface area contributed by atoms with Crippen molar-refractivity contribution in [2.45, 2.75) is 44.1 Å². The summed E-state index contributed by atoms with van der Waals surface area (Å²) in [5, 5.41) is 10.1. The third-order valence-electron chi connectivity index (χ3n) is 11.0. The molecule has 3 aliphatic rings. The van der Waals surface area contributed by atoms with Crippen LogP contribution >= 0.6 is 18.7 Å². The van der Waals surface area contributed by atoms with Gasteiger partial charge >= 0.3 is 0 Å². The maximum atomic E-state index is 12.9. The van der Waals surface area contributed by atoms with Crippen LogP contribution in [0.25, 0.3) is 0 Å². The lowest BCUT2D eigenvalue weighted by Crippen LogP contribution is -2.53. The Labute approximate surface area is 328 Å². The molecule has 3 aromatic carbocycles. The van der Waals surface area contributed by atoms with Crippen LogP contribution < -0.4 is 30.9 Å². The summed E-state index contributed by atoms with van der Waals surface area (Å²) in [4.78, 5) is 40.4. The molecule has 0 aliphatic carbocycles. The Bertz CT molecular complexity index is 2040. The summed E-state index contributed by atoms with van der Waals surface area (Å²) >= 11 is 6.48. The lowest BCUT2D eigenvalue weighted by atomic mass is 9.90.